The van der Waals surface area contributed by atoms with E-state index in [0.717, 1.165) is 34.7 Å². The van der Waals surface area contributed by atoms with Crippen molar-refractivity contribution in [1.82, 2.24) is 0 Å². The fourth-order valence-electron chi connectivity index (χ4n) is 2.41. The lowest BCUT2D eigenvalue weighted by molar-refractivity contribution is 1.12. The van der Waals surface area contributed by atoms with Crippen molar-refractivity contribution < 1.29 is 0 Å². The fourth-order valence-corrected chi connectivity index (χ4v) is 3.19. The van der Waals surface area contributed by atoms with Crippen molar-refractivity contribution in [2.75, 3.05) is 18.2 Å². The molecule has 0 fully saturated rings. The number of hydrogen-bond acceptors (Lipinski definition) is 2. The van der Waals surface area contributed by atoms with Crippen molar-refractivity contribution in [2.45, 2.75) is 31.6 Å². The van der Waals surface area contributed by atoms with Gasteiger partial charge in [-0.15, -0.1) is 11.8 Å². The molecule has 3 nitrogen and oxygen atoms in total. The van der Waals surface area contributed by atoms with E-state index in [2.05, 4.69) is 37.0 Å². The van der Waals surface area contributed by atoms with Crippen molar-refractivity contribution in [2.24, 2.45) is 10.7 Å². The van der Waals surface area contributed by atoms with Crippen LogP contribution in [0, 0.1) is 0 Å². The first-order chi connectivity index (χ1) is 11.5. The third-order valence-electron chi connectivity index (χ3n) is 4.00. The normalized spacial score (nSPS) is 11.6. The summed E-state index contributed by atoms with van der Waals surface area (Å²) in [5.41, 5.74) is 10.3. The molecule has 0 aliphatic carbocycles. The SMILES string of the molecule is CCc1cccc(N(C)C(N)=Nc2cc(SC)cc(CC)c2Cl)c1. The Labute approximate surface area is 153 Å². The Morgan fingerprint density at radius 3 is 2.58 bits per heavy atom. The Morgan fingerprint density at radius 1 is 1.21 bits per heavy atom. The smallest absolute Gasteiger partial charge is 0.200 e. The Morgan fingerprint density at radius 2 is 1.96 bits per heavy atom. The molecule has 24 heavy (non-hydrogen) atoms. The van der Waals surface area contributed by atoms with Crippen LogP contribution in [0.25, 0.3) is 0 Å². The van der Waals surface area contributed by atoms with Crippen LogP contribution >= 0.6 is 23.4 Å². The van der Waals surface area contributed by atoms with Gasteiger partial charge in [-0.25, -0.2) is 4.99 Å². The summed E-state index contributed by atoms with van der Waals surface area (Å²) < 4.78 is 0. The number of anilines is 1. The van der Waals surface area contributed by atoms with Gasteiger partial charge in [0.15, 0.2) is 0 Å². The number of aliphatic imine (C=N–C) groups is 1. The standard InChI is InChI=1S/C19H24ClN3S/c1-5-13-8-7-9-15(10-13)23(3)19(21)22-17-12-16(24-4)11-14(6-2)18(17)20/h7-12H,5-6H2,1-4H3,(H2,21,22). The molecule has 0 saturated heterocycles. The molecule has 0 aliphatic heterocycles. The van der Waals surface area contributed by atoms with Gasteiger partial charge >= 0.3 is 0 Å². The highest BCUT2D eigenvalue weighted by Crippen LogP contribution is 2.34. The summed E-state index contributed by atoms with van der Waals surface area (Å²) in [6.45, 7) is 4.22. The summed E-state index contributed by atoms with van der Waals surface area (Å²) in [4.78, 5) is 7.60. The van der Waals surface area contributed by atoms with Crippen molar-refractivity contribution >= 4 is 40.7 Å². The third-order valence-corrected chi connectivity index (χ3v) is 5.15. The summed E-state index contributed by atoms with van der Waals surface area (Å²) in [6, 6.07) is 12.4. The molecule has 5 heteroatoms. The van der Waals surface area contributed by atoms with Crippen molar-refractivity contribution in [3.63, 3.8) is 0 Å². The van der Waals surface area contributed by atoms with Crippen molar-refractivity contribution in [3.05, 3.63) is 52.5 Å². The highest BCUT2D eigenvalue weighted by atomic mass is 35.5. The summed E-state index contributed by atoms with van der Waals surface area (Å²) in [6.07, 6.45) is 3.89. The number of nitrogens with zero attached hydrogens (tertiary/aromatic N) is 2. The molecule has 0 unspecified atom stereocenters. The Balaban J connectivity index is 2.39. The molecule has 2 aromatic rings. The van der Waals surface area contributed by atoms with Crippen LogP contribution < -0.4 is 10.6 Å². The topological polar surface area (TPSA) is 41.6 Å². The largest absolute Gasteiger partial charge is 0.369 e. The summed E-state index contributed by atoms with van der Waals surface area (Å²) >= 11 is 8.17. The number of thioether (sulfide) groups is 1. The number of halogens is 1. The van der Waals surface area contributed by atoms with E-state index in [-0.39, 0.29) is 0 Å². The van der Waals surface area contributed by atoms with Crippen LogP contribution in [0.2, 0.25) is 5.02 Å². The summed E-state index contributed by atoms with van der Waals surface area (Å²) in [7, 11) is 1.92. The molecule has 0 atom stereocenters. The zero-order valence-corrected chi connectivity index (χ0v) is 16.2. The average Bonchev–Trinajstić information content (AvgIpc) is 2.62. The minimum Gasteiger partial charge on any atom is -0.369 e. The number of benzene rings is 2. The first-order valence-electron chi connectivity index (χ1n) is 8.03. The number of nitrogens with two attached hydrogens (primary N) is 1. The lowest BCUT2D eigenvalue weighted by atomic mass is 10.1. The second-order valence-electron chi connectivity index (χ2n) is 5.53. The first-order valence-corrected chi connectivity index (χ1v) is 9.63. The van der Waals surface area contributed by atoms with E-state index in [1.807, 2.05) is 36.4 Å². The maximum atomic E-state index is 6.49. The zero-order valence-electron chi connectivity index (χ0n) is 14.6. The zero-order chi connectivity index (χ0) is 17.7. The molecule has 0 aliphatic rings. The molecular formula is C19H24ClN3S. The van der Waals surface area contributed by atoms with Gasteiger partial charge < -0.3 is 10.6 Å². The molecule has 0 saturated carbocycles. The van der Waals surface area contributed by atoms with E-state index in [1.165, 1.54) is 5.56 Å². The molecular weight excluding hydrogens is 338 g/mol. The molecule has 0 radical (unpaired) electrons. The van der Waals surface area contributed by atoms with E-state index in [1.54, 1.807) is 11.8 Å². The number of hydrogen-bond donors (Lipinski definition) is 1. The third kappa shape index (κ3) is 4.25. The molecule has 2 rings (SSSR count). The van der Waals surface area contributed by atoms with Crippen LogP contribution in [0.5, 0.6) is 0 Å². The Hall–Kier alpha value is -1.65. The van der Waals surface area contributed by atoms with Gasteiger partial charge in [0.05, 0.1) is 10.7 Å². The summed E-state index contributed by atoms with van der Waals surface area (Å²) in [5, 5.41) is 0.675. The van der Waals surface area contributed by atoms with E-state index in [9.17, 15) is 0 Å². The lowest BCUT2D eigenvalue weighted by Crippen LogP contribution is -2.33. The first kappa shape index (κ1) is 18.7. The monoisotopic (exact) mass is 361 g/mol. The van der Waals surface area contributed by atoms with Crippen molar-refractivity contribution in [1.29, 1.82) is 0 Å². The molecule has 2 N–H and O–H groups in total. The number of aryl methyl sites for hydroxylation is 2. The van der Waals surface area contributed by atoms with Crippen LogP contribution in [-0.2, 0) is 12.8 Å². The predicted octanol–water partition coefficient (Wildman–Crippen LogP) is 5.27. The molecule has 0 spiro atoms. The molecule has 2 aromatic carbocycles. The van der Waals surface area contributed by atoms with Gasteiger partial charge in [-0.3, -0.25) is 0 Å². The molecule has 0 amide bonds. The molecule has 0 heterocycles. The minimum absolute atomic E-state index is 0.422. The van der Waals surface area contributed by atoms with Crippen LogP contribution in [0.4, 0.5) is 11.4 Å². The van der Waals surface area contributed by atoms with Gasteiger partial charge in [0.2, 0.25) is 5.96 Å². The number of guanidine groups is 1. The Kier molecular flexibility index (Phi) is 6.58. The number of rotatable bonds is 5. The van der Waals surface area contributed by atoms with Gasteiger partial charge in [0, 0.05) is 17.6 Å². The van der Waals surface area contributed by atoms with Crippen LogP contribution in [0.3, 0.4) is 0 Å². The molecule has 0 aromatic heterocycles. The van der Waals surface area contributed by atoms with E-state index in [4.69, 9.17) is 17.3 Å². The van der Waals surface area contributed by atoms with Gasteiger partial charge in [-0.2, -0.15) is 0 Å². The van der Waals surface area contributed by atoms with Gasteiger partial charge in [0.25, 0.3) is 0 Å². The van der Waals surface area contributed by atoms with Crippen LogP contribution in [-0.4, -0.2) is 19.3 Å². The molecule has 128 valence electrons. The highest BCUT2D eigenvalue weighted by molar-refractivity contribution is 7.98. The fraction of sp³-hybridized carbons (Fsp3) is 0.316. The van der Waals surface area contributed by atoms with Crippen LogP contribution in [0.15, 0.2) is 46.3 Å². The maximum Gasteiger partial charge on any atom is 0.200 e. The maximum absolute atomic E-state index is 6.49. The quantitative estimate of drug-likeness (QED) is 0.448. The lowest BCUT2D eigenvalue weighted by Gasteiger charge is -2.19. The average molecular weight is 362 g/mol. The second kappa shape index (κ2) is 8.45. The predicted molar refractivity (Wildman–Crippen MR) is 108 cm³/mol. The Bertz CT molecular complexity index is 743. The van der Waals surface area contributed by atoms with E-state index in [0.29, 0.717) is 11.0 Å². The molecule has 0 bridgehead atoms. The second-order valence-corrected chi connectivity index (χ2v) is 6.78. The minimum atomic E-state index is 0.422. The van der Waals surface area contributed by atoms with E-state index >= 15 is 0 Å². The van der Waals surface area contributed by atoms with Gasteiger partial charge in [0.1, 0.15) is 0 Å². The summed E-state index contributed by atoms with van der Waals surface area (Å²) in [5.74, 6) is 0.422. The van der Waals surface area contributed by atoms with E-state index < -0.39 is 0 Å². The van der Waals surface area contributed by atoms with Crippen molar-refractivity contribution in [3.8, 4) is 0 Å². The highest BCUT2D eigenvalue weighted by Gasteiger charge is 2.11. The van der Waals surface area contributed by atoms with Gasteiger partial charge in [-0.05, 0) is 54.5 Å². The van der Waals surface area contributed by atoms with Gasteiger partial charge in [-0.1, -0.05) is 37.6 Å². The van der Waals surface area contributed by atoms with Crippen LogP contribution in [0.1, 0.15) is 25.0 Å².